The maximum Gasteiger partial charge on any atom is 0.0667 e. The van der Waals surface area contributed by atoms with Crippen molar-refractivity contribution in [3.63, 3.8) is 0 Å². The highest BCUT2D eigenvalue weighted by molar-refractivity contribution is 5.53. The van der Waals surface area contributed by atoms with E-state index in [1.807, 2.05) is 12.1 Å². The van der Waals surface area contributed by atoms with Gasteiger partial charge in [0.2, 0.25) is 0 Å². The van der Waals surface area contributed by atoms with Crippen LogP contribution in [-0.4, -0.2) is 48.3 Å². The molecule has 0 spiro atoms. The average Bonchev–Trinajstić information content (AvgIpc) is 2.48. The lowest BCUT2D eigenvalue weighted by Crippen LogP contribution is -2.49. The molecule has 4 heteroatoms. The van der Waals surface area contributed by atoms with E-state index >= 15 is 0 Å². The van der Waals surface area contributed by atoms with Crippen molar-refractivity contribution in [3.05, 3.63) is 24.3 Å². The Morgan fingerprint density at radius 1 is 1.00 bits per heavy atom. The molecule has 0 amide bonds. The lowest BCUT2D eigenvalue weighted by molar-refractivity contribution is 0.0398. The van der Waals surface area contributed by atoms with Gasteiger partial charge in [-0.3, -0.25) is 4.90 Å². The summed E-state index contributed by atoms with van der Waals surface area (Å²) in [7, 11) is 0. The van der Waals surface area contributed by atoms with Gasteiger partial charge in [0.1, 0.15) is 0 Å². The van der Waals surface area contributed by atoms with Crippen LogP contribution in [0.4, 0.5) is 11.4 Å². The molecule has 2 aliphatic heterocycles. The molecule has 1 aromatic rings. The summed E-state index contributed by atoms with van der Waals surface area (Å²) in [5.74, 6) is 0. The van der Waals surface area contributed by atoms with Crippen LogP contribution in [0.25, 0.3) is 0 Å². The molecule has 0 bridgehead atoms. The summed E-state index contributed by atoms with van der Waals surface area (Å²) in [6.07, 6.45) is 4.38. The summed E-state index contributed by atoms with van der Waals surface area (Å²) in [6.45, 7) is 4.22. The topological polar surface area (TPSA) is 52.7 Å². The summed E-state index contributed by atoms with van der Waals surface area (Å²) in [6, 6.07) is 8.82. The summed E-state index contributed by atoms with van der Waals surface area (Å²) < 4.78 is 0. The molecule has 0 aromatic heterocycles. The van der Waals surface area contributed by atoms with Gasteiger partial charge in [-0.2, -0.15) is 0 Å². The minimum absolute atomic E-state index is 0.112. The number of rotatable bonds is 2. The average molecular weight is 275 g/mol. The maximum atomic E-state index is 9.80. The molecule has 2 saturated heterocycles. The Kier molecular flexibility index (Phi) is 4.13. The fraction of sp³-hybridized carbons (Fsp3) is 0.625. The highest BCUT2D eigenvalue weighted by atomic mass is 16.3. The Balaban J connectivity index is 1.55. The third-order valence-electron chi connectivity index (χ3n) is 4.67. The predicted octanol–water partition coefficient (Wildman–Crippen LogP) is 1.69. The van der Waals surface area contributed by atoms with Crippen molar-refractivity contribution >= 4 is 11.4 Å². The van der Waals surface area contributed by atoms with Crippen molar-refractivity contribution in [1.29, 1.82) is 0 Å². The molecule has 1 atom stereocenters. The number of nitrogens with zero attached hydrogens (tertiary/aromatic N) is 2. The molecule has 0 radical (unpaired) electrons. The Hall–Kier alpha value is -1.26. The van der Waals surface area contributed by atoms with Crippen molar-refractivity contribution in [2.45, 2.75) is 37.8 Å². The molecule has 0 saturated carbocycles. The standard InChI is InChI=1S/C16H25N3O/c17-13-3-5-14(6-4-13)18-10-7-15(8-11-18)19-9-1-2-16(20)12-19/h3-6,15-16,20H,1-2,7-12,17H2/t16-/m1/s1. The van der Waals surface area contributed by atoms with E-state index in [1.165, 1.54) is 18.5 Å². The van der Waals surface area contributed by atoms with Gasteiger partial charge in [0.25, 0.3) is 0 Å². The van der Waals surface area contributed by atoms with Crippen molar-refractivity contribution in [3.8, 4) is 0 Å². The highest BCUT2D eigenvalue weighted by Crippen LogP contribution is 2.25. The third kappa shape index (κ3) is 3.07. The predicted molar refractivity (Wildman–Crippen MR) is 82.9 cm³/mol. The van der Waals surface area contributed by atoms with Crippen LogP contribution in [0.2, 0.25) is 0 Å². The fourth-order valence-electron chi connectivity index (χ4n) is 3.49. The van der Waals surface area contributed by atoms with Gasteiger partial charge in [-0.25, -0.2) is 0 Å². The number of nitrogen functional groups attached to an aromatic ring is 1. The minimum Gasteiger partial charge on any atom is -0.399 e. The van der Waals surface area contributed by atoms with Crippen molar-refractivity contribution in [1.82, 2.24) is 4.90 Å². The first-order valence-corrected chi connectivity index (χ1v) is 7.75. The third-order valence-corrected chi connectivity index (χ3v) is 4.67. The zero-order chi connectivity index (χ0) is 13.9. The molecule has 20 heavy (non-hydrogen) atoms. The van der Waals surface area contributed by atoms with Crippen LogP contribution < -0.4 is 10.6 Å². The molecule has 2 aliphatic rings. The van der Waals surface area contributed by atoms with Gasteiger partial charge in [-0.1, -0.05) is 0 Å². The number of aliphatic hydroxyl groups excluding tert-OH is 1. The summed E-state index contributed by atoms with van der Waals surface area (Å²) in [5, 5.41) is 9.80. The van der Waals surface area contributed by atoms with E-state index in [1.54, 1.807) is 0 Å². The molecule has 0 unspecified atom stereocenters. The van der Waals surface area contributed by atoms with Gasteiger partial charge in [-0.05, 0) is 56.5 Å². The lowest BCUT2D eigenvalue weighted by Gasteiger charge is -2.42. The summed E-state index contributed by atoms with van der Waals surface area (Å²) in [5.41, 5.74) is 7.84. The van der Waals surface area contributed by atoms with Crippen LogP contribution in [-0.2, 0) is 0 Å². The van der Waals surface area contributed by atoms with E-state index < -0.39 is 0 Å². The molecule has 0 aliphatic carbocycles. The van der Waals surface area contributed by atoms with Gasteiger partial charge in [0.05, 0.1) is 6.10 Å². The minimum atomic E-state index is -0.112. The summed E-state index contributed by atoms with van der Waals surface area (Å²) >= 11 is 0. The van der Waals surface area contributed by atoms with Gasteiger partial charge in [0.15, 0.2) is 0 Å². The number of nitrogens with two attached hydrogens (primary N) is 1. The summed E-state index contributed by atoms with van der Waals surface area (Å²) in [4.78, 5) is 4.94. The Bertz CT molecular complexity index is 426. The highest BCUT2D eigenvalue weighted by Gasteiger charge is 2.28. The Labute approximate surface area is 121 Å². The zero-order valence-electron chi connectivity index (χ0n) is 12.0. The van der Waals surface area contributed by atoms with Gasteiger partial charge in [0, 0.05) is 37.1 Å². The molecular weight excluding hydrogens is 250 g/mol. The molecule has 3 rings (SSSR count). The number of likely N-dealkylation sites (tertiary alicyclic amines) is 1. The zero-order valence-corrected chi connectivity index (χ0v) is 12.0. The van der Waals surface area contributed by atoms with E-state index in [9.17, 15) is 5.11 Å². The second kappa shape index (κ2) is 6.02. The molecular formula is C16H25N3O. The first-order valence-electron chi connectivity index (χ1n) is 7.75. The van der Waals surface area contributed by atoms with E-state index in [0.29, 0.717) is 6.04 Å². The Morgan fingerprint density at radius 3 is 2.35 bits per heavy atom. The van der Waals surface area contributed by atoms with Crippen LogP contribution in [0, 0.1) is 0 Å². The number of anilines is 2. The number of benzene rings is 1. The number of hydrogen-bond acceptors (Lipinski definition) is 4. The number of hydrogen-bond donors (Lipinski definition) is 2. The molecule has 4 nitrogen and oxygen atoms in total. The smallest absolute Gasteiger partial charge is 0.0667 e. The van der Waals surface area contributed by atoms with Crippen molar-refractivity contribution in [2.24, 2.45) is 0 Å². The van der Waals surface area contributed by atoms with E-state index in [-0.39, 0.29) is 6.10 Å². The first kappa shape index (κ1) is 13.7. The number of piperidine rings is 2. The van der Waals surface area contributed by atoms with Gasteiger partial charge >= 0.3 is 0 Å². The Morgan fingerprint density at radius 2 is 1.70 bits per heavy atom. The molecule has 2 fully saturated rings. The lowest BCUT2D eigenvalue weighted by atomic mass is 9.98. The van der Waals surface area contributed by atoms with Crippen LogP contribution in [0.5, 0.6) is 0 Å². The van der Waals surface area contributed by atoms with E-state index in [4.69, 9.17) is 5.73 Å². The molecule has 1 aromatic carbocycles. The number of β-amino-alcohol motifs (C(OH)–C–C–N with tert-alkyl or cyclic N) is 1. The molecule has 110 valence electrons. The molecule has 3 N–H and O–H groups in total. The van der Waals surface area contributed by atoms with Crippen LogP contribution >= 0.6 is 0 Å². The normalized spacial score (nSPS) is 25.9. The largest absolute Gasteiger partial charge is 0.399 e. The maximum absolute atomic E-state index is 9.80. The van der Waals surface area contributed by atoms with E-state index in [0.717, 1.165) is 44.7 Å². The van der Waals surface area contributed by atoms with Crippen LogP contribution in [0.3, 0.4) is 0 Å². The van der Waals surface area contributed by atoms with Crippen LogP contribution in [0.15, 0.2) is 24.3 Å². The van der Waals surface area contributed by atoms with E-state index in [2.05, 4.69) is 21.9 Å². The SMILES string of the molecule is Nc1ccc(N2CCC(N3CCC[C@@H](O)C3)CC2)cc1. The van der Waals surface area contributed by atoms with Crippen molar-refractivity contribution in [2.75, 3.05) is 36.8 Å². The van der Waals surface area contributed by atoms with Crippen molar-refractivity contribution < 1.29 is 5.11 Å². The van der Waals surface area contributed by atoms with Gasteiger partial charge in [-0.15, -0.1) is 0 Å². The second-order valence-corrected chi connectivity index (χ2v) is 6.10. The quantitative estimate of drug-likeness (QED) is 0.807. The van der Waals surface area contributed by atoms with Gasteiger partial charge < -0.3 is 15.7 Å². The van der Waals surface area contributed by atoms with Crippen LogP contribution in [0.1, 0.15) is 25.7 Å². The fourth-order valence-corrected chi connectivity index (χ4v) is 3.49. The molecule has 2 heterocycles. The monoisotopic (exact) mass is 275 g/mol. The number of aliphatic hydroxyl groups is 1. The second-order valence-electron chi connectivity index (χ2n) is 6.10. The first-order chi connectivity index (χ1) is 9.72.